The molecule has 2 nitrogen and oxygen atoms in total. The van der Waals surface area contributed by atoms with Crippen molar-refractivity contribution in [3.63, 3.8) is 0 Å². The van der Waals surface area contributed by atoms with Crippen molar-refractivity contribution in [3.05, 3.63) is 431 Å². The molecule has 0 unspecified atom stereocenters. The van der Waals surface area contributed by atoms with E-state index in [9.17, 15) is 0 Å². The Balaban J connectivity index is 0.000000126. The van der Waals surface area contributed by atoms with Gasteiger partial charge < -0.3 is 9.47 Å². The van der Waals surface area contributed by atoms with Gasteiger partial charge >= 0.3 is 0 Å². The first kappa shape index (κ1) is 108. The Hall–Kier alpha value is -7.36. The van der Waals surface area contributed by atoms with Crippen LogP contribution in [0.2, 0.25) is 0 Å². The number of ether oxygens (including phenoxy) is 2. The van der Waals surface area contributed by atoms with Gasteiger partial charge in [0, 0.05) is 153 Å². The van der Waals surface area contributed by atoms with Crippen molar-refractivity contribution in [2.45, 2.75) is 213 Å². The normalized spacial score (nSPS) is 13.4. The van der Waals surface area contributed by atoms with E-state index in [1.54, 1.807) is 0 Å². The molecule has 140 heavy (non-hydrogen) atoms. The highest BCUT2D eigenvalue weighted by Gasteiger charge is 2.39. The maximum absolute atomic E-state index is 5.98. The summed E-state index contributed by atoms with van der Waals surface area (Å²) >= 11 is 74.5. The van der Waals surface area contributed by atoms with E-state index in [0.29, 0.717) is 0 Å². The molecule has 0 radical (unpaired) electrons. The van der Waals surface area contributed by atoms with Crippen LogP contribution < -0.4 is 9.47 Å². The molecule has 0 fully saturated rings. The van der Waals surface area contributed by atoms with Gasteiger partial charge in [-0.25, -0.2) is 0 Å². The summed E-state index contributed by atoms with van der Waals surface area (Å²) in [6, 6.07) is 124. The minimum absolute atomic E-state index is 0.0405. The highest BCUT2D eigenvalue weighted by molar-refractivity contribution is 8.00. The summed E-state index contributed by atoms with van der Waals surface area (Å²) in [5, 5.41) is 7.86. The van der Waals surface area contributed by atoms with Gasteiger partial charge in [-0.2, -0.15) is 0 Å². The first-order chi connectivity index (χ1) is 66.5. The highest BCUT2D eigenvalue weighted by atomic mass is 32.2. The van der Waals surface area contributed by atoms with Crippen LogP contribution in [0.3, 0.4) is 0 Å². The summed E-state index contributed by atoms with van der Waals surface area (Å²) in [6.07, 6.45) is 0. The van der Waals surface area contributed by atoms with Gasteiger partial charge in [0.15, 0.2) is 0 Å². The van der Waals surface area contributed by atoms with Gasteiger partial charge in [0.05, 0.1) is 0 Å². The molecule has 20 heteroatoms. The number of rotatable bonds is 4. The largest absolute Gasteiger partial charge is 0.457 e. The molecule has 0 N–H and O–H groups in total. The number of fused-ring (bicyclic) bond motifs is 11. The molecule has 0 saturated heterocycles. The molecule has 0 spiro atoms. The molecule has 22 rings (SSSR count). The van der Waals surface area contributed by atoms with E-state index in [4.69, 9.17) is 9.47 Å². The zero-order valence-electron chi connectivity index (χ0n) is 79.4. The molecule has 18 aromatic carbocycles. The molecular weight excluding hydrogens is 2050 g/mol. The third-order valence-electron chi connectivity index (χ3n) is 25.6. The van der Waals surface area contributed by atoms with Gasteiger partial charge in [-0.15, -0.1) is 202 Å². The lowest BCUT2D eigenvalue weighted by Gasteiger charge is -2.34. The van der Waals surface area contributed by atoms with Gasteiger partial charge in [-0.05, 0) is 222 Å². The van der Waals surface area contributed by atoms with Gasteiger partial charge in [0.25, 0.3) is 0 Å². The summed E-state index contributed by atoms with van der Waals surface area (Å²) in [5.74, 6) is 3.55. The van der Waals surface area contributed by atoms with E-state index in [0.717, 1.165) is 124 Å². The van der Waals surface area contributed by atoms with Crippen molar-refractivity contribution in [1.82, 2.24) is 0 Å². The zero-order valence-corrected chi connectivity index (χ0v) is 95.4. The molecule has 0 aromatic heterocycles. The van der Waals surface area contributed by atoms with Crippen LogP contribution >= 0.6 is 226 Å². The third kappa shape index (κ3) is 26.0. The molecule has 18 aromatic rings. The number of thiol groups is 16. The maximum atomic E-state index is 5.98. The van der Waals surface area contributed by atoms with Crippen LogP contribution in [-0.4, -0.2) is 0 Å². The molecule has 0 aliphatic carbocycles. The van der Waals surface area contributed by atoms with Crippen molar-refractivity contribution in [1.29, 1.82) is 0 Å². The van der Waals surface area contributed by atoms with E-state index in [1.807, 2.05) is 121 Å². The van der Waals surface area contributed by atoms with Gasteiger partial charge in [-0.3, -0.25) is 0 Å². The summed E-state index contributed by atoms with van der Waals surface area (Å²) < 4.78 is 12.0. The van der Waals surface area contributed by atoms with Crippen LogP contribution in [-0.2, 0) is 32.5 Å². The Morgan fingerprint density at radius 1 is 0.179 bits per heavy atom. The fourth-order valence-electron chi connectivity index (χ4n) is 17.8. The average Bonchev–Trinajstić information content (AvgIpc) is 0.759. The lowest BCUT2D eigenvalue weighted by atomic mass is 9.76. The Morgan fingerprint density at radius 3 is 0.493 bits per heavy atom. The Morgan fingerprint density at radius 2 is 0.321 bits per heavy atom. The number of hydrogen-bond acceptors (Lipinski definition) is 20. The second-order valence-corrected chi connectivity index (χ2v) is 47.7. The molecule has 4 aliphatic rings. The highest BCUT2D eigenvalue weighted by Crippen LogP contribution is 2.55. The first-order valence-electron chi connectivity index (χ1n) is 45.3. The topological polar surface area (TPSA) is 18.5 Å². The fourth-order valence-corrected chi connectivity index (χ4v) is 25.9. The molecule has 0 amide bonds. The summed E-state index contributed by atoms with van der Waals surface area (Å²) in [6.45, 7) is 26.7. The Kier molecular flexibility index (Phi) is 36.4. The molecule has 0 saturated carbocycles. The fraction of sp³-hybridized carbons (Fsp3) is 0.150. The van der Waals surface area contributed by atoms with Crippen molar-refractivity contribution >= 4 is 258 Å². The van der Waals surface area contributed by atoms with Gasteiger partial charge in [-0.1, -0.05) is 325 Å². The number of hydrogen-bond donors (Lipinski definition) is 16. The standard InChI is InChI=1S/2C15H14OS2.2C15H16S4.2C15H14S3.3C10H8/c2*1-15(2)11-5-3-9(17)7-13(11)16-14-8-10(18)4-6-12(14)15;2*1-15(2,11-5-3-9(16)7-13(11)18)12-6-4-10(17)8-14(12)19;2*1-15(2)11-5-3-9(16)7-13(11)18-14-8-10(17)4-6-12(14)15;3*1-2-6-10-8-4-3-7-9(10)5-1/h2*3-8,17-18H,1-2H3;2*3-8,16-19H,1-2H3;2*3-8,16-17H,1-2H3;3*1-8H. The van der Waals surface area contributed by atoms with Crippen molar-refractivity contribution in [2.24, 2.45) is 0 Å². The van der Waals surface area contributed by atoms with Crippen LogP contribution in [0.1, 0.15) is 150 Å². The number of benzene rings is 18. The Labute approximate surface area is 924 Å². The molecule has 4 heterocycles. The van der Waals surface area contributed by atoms with Crippen LogP contribution in [0.15, 0.2) is 462 Å². The van der Waals surface area contributed by atoms with Crippen molar-refractivity contribution in [2.75, 3.05) is 0 Å². The summed E-state index contributed by atoms with van der Waals surface area (Å²) in [7, 11) is 0. The first-order valence-corrected chi connectivity index (χ1v) is 54.1. The van der Waals surface area contributed by atoms with E-state index in [2.05, 4.69) is 552 Å². The smallest absolute Gasteiger partial charge is 0.132 e. The van der Waals surface area contributed by atoms with Crippen molar-refractivity contribution < 1.29 is 9.47 Å². The van der Waals surface area contributed by atoms with Gasteiger partial charge in [0.2, 0.25) is 0 Å². The van der Waals surface area contributed by atoms with Crippen LogP contribution in [0.4, 0.5) is 0 Å². The third-order valence-corrected chi connectivity index (χ3v) is 32.6. The minimum Gasteiger partial charge on any atom is -0.457 e. The monoisotopic (exact) mass is 2160 g/mol. The van der Waals surface area contributed by atoms with Crippen molar-refractivity contribution in [3.8, 4) is 23.0 Å². The van der Waals surface area contributed by atoms with E-state index in [1.165, 1.54) is 96.4 Å². The van der Waals surface area contributed by atoms with E-state index >= 15 is 0 Å². The molecule has 0 atom stereocenters. The lowest BCUT2D eigenvalue weighted by Crippen LogP contribution is -2.24. The summed E-state index contributed by atoms with van der Waals surface area (Å²) in [4.78, 5) is 20.4. The zero-order chi connectivity index (χ0) is 101. The second kappa shape index (κ2) is 47.0. The maximum Gasteiger partial charge on any atom is 0.132 e. The Bertz CT molecular complexity index is 6320. The van der Waals surface area contributed by atoms with E-state index in [-0.39, 0.29) is 32.5 Å². The average molecular weight is 2160 g/mol. The van der Waals surface area contributed by atoms with Crippen LogP contribution in [0.25, 0.3) is 32.3 Å². The van der Waals surface area contributed by atoms with Gasteiger partial charge in [0.1, 0.15) is 23.0 Å². The van der Waals surface area contributed by atoms with E-state index < -0.39 is 0 Å². The predicted octanol–water partition coefficient (Wildman–Crippen LogP) is 38.4. The molecular formula is C120H112O2S18. The molecule has 0 bridgehead atoms. The lowest BCUT2D eigenvalue weighted by molar-refractivity contribution is 0.415. The minimum atomic E-state index is -0.170. The predicted molar refractivity (Wildman–Crippen MR) is 646 cm³/mol. The SMILES string of the molecule is CC(C)(c1ccc(S)cc1S)c1ccc(S)cc1S.CC(C)(c1ccc(S)cc1S)c1ccc(S)cc1S.CC1(C)c2ccc(S)cc2Oc2cc(S)ccc21.CC1(C)c2ccc(S)cc2Oc2cc(S)ccc21.CC1(C)c2ccc(S)cc2Sc2cc(S)ccc21.CC1(C)c2ccc(S)cc2Sc2cc(S)ccc21.c1ccc2ccccc2c1.c1ccc2ccccc2c1.c1ccc2ccccc2c1. The quantitative estimate of drug-likeness (QED) is 0.0806. The second-order valence-electron chi connectivity index (χ2n) is 37.4. The molecule has 4 aliphatic heterocycles. The molecule has 712 valence electrons. The van der Waals surface area contributed by atoms with Crippen LogP contribution in [0, 0.1) is 0 Å². The summed E-state index contributed by atoms with van der Waals surface area (Å²) in [5.41, 5.74) is 14.6. The van der Waals surface area contributed by atoms with Crippen LogP contribution in [0.5, 0.6) is 23.0 Å².